The van der Waals surface area contributed by atoms with Gasteiger partial charge in [-0.15, -0.1) is 0 Å². The Balaban J connectivity index is -0.00000001000. The normalized spacial score (nSPS) is 6.55. The average Bonchev–Trinajstić information content (AvgIpc) is 1.76. The predicted molar refractivity (Wildman–Crippen MR) is 116 cm³/mol. The molecule has 0 saturated heterocycles. The molecule has 0 fully saturated rings. The fourth-order valence-electron chi connectivity index (χ4n) is 0. The smallest absolute Gasteiger partial charge is 0.0379 e. The molecule has 0 aliphatic rings. The standard InChI is InChI=1S/4C3H9Si.2ClH.4Pb/c4*1-4(2)3;;;;;;/h4*1-3H3;2*1H;;;;/p-2. The van der Waals surface area contributed by atoms with Crippen molar-refractivity contribution in [1.82, 2.24) is 0 Å². The molecular weight excluding hydrogens is 1160 g/mol. The molecule has 0 nitrogen and oxygen atoms in total. The van der Waals surface area contributed by atoms with E-state index in [1.54, 1.807) is 0 Å². The van der Waals surface area contributed by atoms with Crippen LogP contribution in [-0.2, 0) is 0 Å². The summed E-state index contributed by atoms with van der Waals surface area (Å²) in [6.45, 7) is 27.2. The van der Waals surface area contributed by atoms with E-state index in [-0.39, 0.29) is 169 Å². The summed E-state index contributed by atoms with van der Waals surface area (Å²) < 4.78 is 0. The van der Waals surface area contributed by atoms with Gasteiger partial charge in [0.1, 0.15) is 0 Å². The van der Waals surface area contributed by atoms with Crippen LogP contribution in [0.3, 0.4) is 0 Å². The zero-order chi connectivity index (χ0) is 14.3. The zero-order valence-electron chi connectivity index (χ0n) is 16.8. The molecular formula is C12H36Cl2Pb4Si4-2. The minimum absolute atomic E-state index is 0. The van der Waals surface area contributed by atoms with Gasteiger partial charge in [0, 0.05) is 144 Å². The monoisotopic (exact) mass is 1190 g/mol. The van der Waals surface area contributed by atoms with Crippen LogP contribution >= 0.6 is 0 Å². The van der Waals surface area contributed by atoms with E-state index >= 15 is 0 Å². The Morgan fingerprint density at radius 1 is 0.273 bits per heavy atom. The number of halogens is 2. The molecule has 0 saturated carbocycles. The Morgan fingerprint density at radius 3 is 0.273 bits per heavy atom. The second-order valence-corrected chi connectivity index (χ2v) is 18.0. The van der Waals surface area contributed by atoms with Gasteiger partial charge >= 0.3 is 0 Å². The quantitative estimate of drug-likeness (QED) is 0.246. The van der Waals surface area contributed by atoms with Gasteiger partial charge in [-0.05, 0) is 0 Å². The van der Waals surface area contributed by atoms with Crippen molar-refractivity contribution in [3.05, 3.63) is 0 Å². The van der Waals surface area contributed by atoms with Gasteiger partial charge in [-0.3, -0.25) is 0 Å². The van der Waals surface area contributed by atoms with E-state index in [4.69, 9.17) is 0 Å². The molecule has 0 N–H and O–H groups in total. The molecule has 0 spiro atoms. The summed E-state index contributed by atoms with van der Waals surface area (Å²) in [7, 11) is 0.481. The predicted octanol–water partition coefficient (Wildman–Crippen LogP) is -2.03. The van der Waals surface area contributed by atoms with Crippen molar-refractivity contribution in [2.75, 3.05) is 0 Å². The Morgan fingerprint density at radius 2 is 0.273 bits per heavy atom. The van der Waals surface area contributed by atoms with E-state index in [2.05, 4.69) is 78.6 Å². The molecule has 0 rings (SSSR count). The molecule has 0 amide bonds. The van der Waals surface area contributed by atoms with Crippen LogP contribution in [0.4, 0.5) is 0 Å². The maximum absolute atomic E-state index is 2.27. The summed E-state index contributed by atoms with van der Waals surface area (Å²) in [6.07, 6.45) is 0. The van der Waals surface area contributed by atoms with Gasteiger partial charge in [0.25, 0.3) is 0 Å². The van der Waals surface area contributed by atoms with Crippen molar-refractivity contribution >= 4 is 144 Å². The fourth-order valence-corrected chi connectivity index (χ4v) is 0. The summed E-state index contributed by atoms with van der Waals surface area (Å²) >= 11 is 0. The Bertz CT molecular complexity index is 80.1. The van der Waals surface area contributed by atoms with Gasteiger partial charge in [-0.25, -0.2) is 0 Å². The third-order valence-electron chi connectivity index (χ3n) is 0. The summed E-state index contributed by atoms with van der Waals surface area (Å²) in [6, 6.07) is 0. The van der Waals surface area contributed by atoms with Crippen LogP contribution < -0.4 is 24.8 Å². The fraction of sp³-hybridized carbons (Fsp3) is 1.00. The molecule has 0 aromatic carbocycles. The van der Waals surface area contributed by atoms with Gasteiger partial charge in [-0.2, -0.15) is 0 Å². The summed E-state index contributed by atoms with van der Waals surface area (Å²) in [5, 5.41) is 0. The maximum atomic E-state index is 2.27. The van der Waals surface area contributed by atoms with Crippen LogP contribution in [0.25, 0.3) is 0 Å². The van der Waals surface area contributed by atoms with Crippen LogP contribution in [0, 0.1) is 0 Å². The maximum Gasteiger partial charge on any atom is 0.0379 e. The minimum Gasteiger partial charge on any atom is -1.00 e. The van der Waals surface area contributed by atoms with Gasteiger partial charge < -0.3 is 24.8 Å². The van der Waals surface area contributed by atoms with Gasteiger partial charge in [0.05, 0.1) is 0 Å². The average molecular weight is 1190 g/mol. The number of rotatable bonds is 0. The molecule has 0 bridgehead atoms. The zero-order valence-corrected chi connectivity index (χ0v) is 37.8. The Labute approximate surface area is 243 Å². The third-order valence-corrected chi connectivity index (χ3v) is 0. The van der Waals surface area contributed by atoms with Crippen molar-refractivity contribution in [3.63, 3.8) is 0 Å². The first-order valence-electron chi connectivity index (χ1n) is 6.00. The SMILES string of the molecule is C[Si](C)C.C[Si](C)C.C[Si](C)C.C[Si](C)C.[Cl-].[Cl-].[Pb].[Pb].[Pb].[Pb]. The first kappa shape index (κ1) is 63.1. The molecule has 0 atom stereocenters. The van der Waals surface area contributed by atoms with Crippen molar-refractivity contribution in [3.8, 4) is 0 Å². The van der Waals surface area contributed by atoms with Crippen molar-refractivity contribution in [2.45, 2.75) is 78.6 Å². The third kappa shape index (κ3) is 555. The molecule has 0 unspecified atom stereocenters. The van der Waals surface area contributed by atoms with Crippen LogP contribution in [-0.4, -0.2) is 144 Å². The second kappa shape index (κ2) is 56.2. The molecule has 0 heterocycles. The van der Waals surface area contributed by atoms with Gasteiger partial charge in [0.15, 0.2) is 0 Å². The van der Waals surface area contributed by atoms with Crippen molar-refractivity contribution in [2.24, 2.45) is 0 Å². The molecule has 10 heteroatoms. The summed E-state index contributed by atoms with van der Waals surface area (Å²) in [5.41, 5.74) is 0. The van der Waals surface area contributed by atoms with Gasteiger partial charge in [-0.1, -0.05) is 78.6 Å². The molecule has 20 radical (unpaired) electrons. The number of hydrogen-bond donors (Lipinski definition) is 0. The van der Waals surface area contributed by atoms with Crippen molar-refractivity contribution < 1.29 is 24.8 Å². The van der Waals surface area contributed by atoms with Crippen LogP contribution in [0.2, 0.25) is 78.6 Å². The van der Waals surface area contributed by atoms with Gasteiger partial charge in [0.2, 0.25) is 0 Å². The summed E-state index contributed by atoms with van der Waals surface area (Å²) in [4.78, 5) is 0. The topological polar surface area (TPSA) is 0 Å². The first-order chi connectivity index (χ1) is 6.93. The van der Waals surface area contributed by atoms with Crippen LogP contribution in [0.5, 0.6) is 0 Å². The van der Waals surface area contributed by atoms with Crippen molar-refractivity contribution in [1.29, 1.82) is 0 Å². The second-order valence-electron chi connectivity index (χ2n) is 6.00. The molecule has 0 aromatic rings. The molecule has 22 heavy (non-hydrogen) atoms. The minimum atomic E-state index is 0. The molecule has 0 aliphatic heterocycles. The van der Waals surface area contributed by atoms with E-state index in [1.165, 1.54) is 0 Å². The van der Waals surface area contributed by atoms with E-state index in [0.717, 1.165) is 0 Å². The van der Waals surface area contributed by atoms with Crippen LogP contribution in [0.1, 0.15) is 0 Å². The molecule has 0 aromatic heterocycles. The first-order valence-corrected chi connectivity index (χ1v) is 18.0. The van der Waals surface area contributed by atoms with E-state index < -0.39 is 0 Å². The van der Waals surface area contributed by atoms with E-state index in [0.29, 0.717) is 0 Å². The summed E-state index contributed by atoms with van der Waals surface area (Å²) in [5.74, 6) is 0. The Hall–Kier alpha value is 5.14. The number of hydrogen-bond acceptors (Lipinski definition) is 0. The molecule has 132 valence electrons. The largest absolute Gasteiger partial charge is 1.00 e. The van der Waals surface area contributed by atoms with E-state index in [1.807, 2.05) is 0 Å². The Kier molecular flexibility index (Phi) is 161. The van der Waals surface area contributed by atoms with Crippen LogP contribution in [0.15, 0.2) is 0 Å². The molecule has 0 aliphatic carbocycles. The van der Waals surface area contributed by atoms with E-state index in [9.17, 15) is 0 Å².